The van der Waals surface area contributed by atoms with Gasteiger partial charge >= 0.3 is 0 Å². The summed E-state index contributed by atoms with van der Waals surface area (Å²) in [7, 11) is 0. The number of halogens is 2. The van der Waals surface area contributed by atoms with E-state index < -0.39 is 0 Å². The van der Waals surface area contributed by atoms with Crippen LogP contribution in [-0.2, 0) is 6.54 Å². The highest BCUT2D eigenvalue weighted by Crippen LogP contribution is 2.28. The van der Waals surface area contributed by atoms with E-state index in [2.05, 4.69) is 27.7 Å². The fourth-order valence-electron chi connectivity index (χ4n) is 1.41. The maximum absolute atomic E-state index is 5.88. The maximum Gasteiger partial charge on any atom is 0.141 e. The summed E-state index contributed by atoms with van der Waals surface area (Å²) in [5.74, 6) is 0.844. The molecule has 2 nitrogen and oxygen atoms in total. The summed E-state index contributed by atoms with van der Waals surface area (Å²) in [6.07, 6.45) is 6.01. The van der Waals surface area contributed by atoms with Gasteiger partial charge in [-0.25, -0.2) is 0 Å². The van der Waals surface area contributed by atoms with Gasteiger partial charge in [0.2, 0.25) is 0 Å². The molecule has 1 aromatic rings. The van der Waals surface area contributed by atoms with Gasteiger partial charge < -0.3 is 0 Å². The highest BCUT2D eigenvalue weighted by atomic mass is 127. The van der Waals surface area contributed by atoms with Crippen LogP contribution in [0.5, 0.6) is 0 Å². The summed E-state index contributed by atoms with van der Waals surface area (Å²) in [6, 6.07) is 0. The van der Waals surface area contributed by atoms with Gasteiger partial charge in [0, 0.05) is 12.7 Å². The lowest BCUT2D eigenvalue weighted by atomic mass is 9.85. The van der Waals surface area contributed by atoms with E-state index in [4.69, 9.17) is 11.6 Å². The van der Waals surface area contributed by atoms with Crippen LogP contribution in [0.3, 0.4) is 0 Å². The molecule has 0 radical (unpaired) electrons. The number of rotatable bonds is 2. The minimum Gasteiger partial charge on any atom is -0.270 e. The topological polar surface area (TPSA) is 17.8 Å². The van der Waals surface area contributed by atoms with Crippen molar-refractivity contribution in [3.05, 3.63) is 14.9 Å². The molecule has 1 fully saturated rings. The summed E-state index contributed by atoms with van der Waals surface area (Å²) in [6.45, 7) is 1.04. The van der Waals surface area contributed by atoms with Gasteiger partial charge in [-0.15, -0.1) is 0 Å². The highest BCUT2D eigenvalue weighted by Gasteiger charge is 2.18. The third kappa shape index (κ3) is 1.76. The van der Waals surface area contributed by atoms with Crippen LogP contribution in [0.15, 0.2) is 6.20 Å². The molecule has 2 rings (SSSR count). The van der Waals surface area contributed by atoms with E-state index in [-0.39, 0.29) is 0 Å². The molecule has 0 atom stereocenters. The average Bonchev–Trinajstić information content (AvgIpc) is 2.24. The zero-order valence-corrected chi connectivity index (χ0v) is 9.55. The first kappa shape index (κ1) is 8.81. The predicted molar refractivity (Wildman–Crippen MR) is 57.3 cm³/mol. The Morgan fingerprint density at radius 2 is 2.42 bits per heavy atom. The van der Waals surface area contributed by atoms with Crippen LogP contribution < -0.4 is 0 Å². The van der Waals surface area contributed by atoms with Crippen LogP contribution in [0.2, 0.25) is 5.02 Å². The van der Waals surface area contributed by atoms with Crippen molar-refractivity contribution < 1.29 is 0 Å². The predicted octanol–water partition coefficient (Wildman–Crippen LogP) is 2.94. The summed E-state index contributed by atoms with van der Waals surface area (Å²) in [5, 5.41) is 5.08. The molecule has 0 amide bonds. The van der Waals surface area contributed by atoms with Crippen molar-refractivity contribution in [2.75, 3.05) is 0 Å². The Hall–Kier alpha value is 0.230. The molecule has 4 heteroatoms. The van der Waals surface area contributed by atoms with Crippen molar-refractivity contribution >= 4 is 34.2 Å². The second-order valence-corrected chi connectivity index (χ2v) is 4.72. The molecule has 66 valence electrons. The van der Waals surface area contributed by atoms with Crippen LogP contribution in [0.25, 0.3) is 0 Å². The first-order valence-corrected chi connectivity index (χ1v) is 5.60. The maximum atomic E-state index is 5.88. The van der Waals surface area contributed by atoms with E-state index in [0.29, 0.717) is 0 Å². The minimum atomic E-state index is 0.773. The van der Waals surface area contributed by atoms with Crippen molar-refractivity contribution in [2.45, 2.75) is 25.8 Å². The zero-order valence-electron chi connectivity index (χ0n) is 6.63. The first-order valence-electron chi connectivity index (χ1n) is 4.14. The summed E-state index contributed by atoms with van der Waals surface area (Å²) < 4.78 is 2.88. The SMILES string of the molecule is Clc1cn(CC2CCC2)nc1I. The standard InChI is InChI=1S/C8H10ClIN2/c9-7-5-12(11-8(7)10)4-6-2-1-3-6/h5-6H,1-4H2. The molecule has 1 aliphatic rings. The zero-order chi connectivity index (χ0) is 8.55. The molecule has 0 spiro atoms. The molecule has 0 unspecified atom stereocenters. The molecule has 1 saturated carbocycles. The fraction of sp³-hybridized carbons (Fsp3) is 0.625. The number of nitrogens with zero attached hydrogens (tertiary/aromatic N) is 2. The normalized spacial score (nSPS) is 17.8. The highest BCUT2D eigenvalue weighted by molar-refractivity contribution is 14.1. The molecule has 0 bridgehead atoms. The Kier molecular flexibility index (Phi) is 2.60. The molecular weight excluding hydrogens is 286 g/mol. The Labute approximate surface area is 90.4 Å². The van der Waals surface area contributed by atoms with Crippen molar-refractivity contribution in [1.29, 1.82) is 0 Å². The molecule has 0 saturated heterocycles. The van der Waals surface area contributed by atoms with Gasteiger partial charge in [-0.3, -0.25) is 4.68 Å². The lowest BCUT2D eigenvalue weighted by Gasteiger charge is -2.24. The number of hydrogen-bond acceptors (Lipinski definition) is 1. The largest absolute Gasteiger partial charge is 0.270 e. The van der Waals surface area contributed by atoms with Crippen molar-refractivity contribution in [2.24, 2.45) is 5.92 Å². The van der Waals surface area contributed by atoms with Gasteiger partial charge in [0.15, 0.2) is 0 Å². The van der Waals surface area contributed by atoms with Gasteiger partial charge in [0.05, 0.1) is 5.02 Å². The second kappa shape index (κ2) is 3.54. The Morgan fingerprint density at radius 1 is 1.67 bits per heavy atom. The molecule has 1 aliphatic carbocycles. The van der Waals surface area contributed by atoms with Crippen LogP contribution in [-0.4, -0.2) is 9.78 Å². The monoisotopic (exact) mass is 296 g/mol. The second-order valence-electron chi connectivity index (χ2n) is 3.29. The quantitative estimate of drug-likeness (QED) is 0.767. The van der Waals surface area contributed by atoms with Gasteiger partial charge in [-0.05, 0) is 41.4 Å². The van der Waals surface area contributed by atoms with E-state index in [0.717, 1.165) is 21.2 Å². The summed E-state index contributed by atoms with van der Waals surface area (Å²) in [5.41, 5.74) is 0. The van der Waals surface area contributed by atoms with Crippen LogP contribution in [0, 0.1) is 9.62 Å². The Morgan fingerprint density at radius 3 is 2.83 bits per heavy atom. The molecule has 1 aromatic heterocycles. The Bertz CT molecular complexity index is 261. The smallest absolute Gasteiger partial charge is 0.141 e. The number of hydrogen-bond donors (Lipinski definition) is 0. The molecule has 12 heavy (non-hydrogen) atoms. The molecule has 0 N–H and O–H groups in total. The molecular formula is C8H10ClIN2. The first-order chi connectivity index (χ1) is 5.75. The molecule has 0 aliphatic heterocycles. The van der Waals surface area contributed by atoms with Gasteiger partial charge in [-0.2, -0.15) is 5.10 Å². The lowest BCUT2D eigenvalue weighted by molar-refractivity contribution is 0.266. The van der Waals surface area contributed by atoms with Crippen molar-refractivity contribution in [3.8, 4) is 0 Å². The van der Waals surface area contributed by atoms with E-state index in [1.54, 1.807) is 0 Å². The average molecular weight is 297 g/mol. The van der Waals surface area contributed by atoms with Crippen molar-refractivity contribution in [1.82, 2.24) is 9.78 Å². The fourth-order valence-corrected chi connectivity index (χ4v) is 1.97. The van der Waals surface area contributed by atoms with E-state index in [1.807, 2.05) is 10.9 Å². The summed E-state index contributed by atoms with van der Waals surface area (Å²) in [4.78, 5) is 0. The van der Waals surface area contributed by atoms with Crippen LogP contribution >= 0.6 is 34.2 Å². The van der Waals surface area contributed by atoms with Gasteiger partial charge in [0.25, 0.3) is 0 Å². The van der Waals surface area contributed by atoms with Crippen molar-refractivity contribution in [3.63, 3.8) is 0 Å². The van der Waals surface area contributed by atoms with E-state index in [9.17, 15) is 0 Å². The van der Waals surface area contributed by atoms with Gasteiger partial charge in [0.1, 0.15) is 3.70 Å². The van der Waals surface area contributed by atoms with E-state index in [1.165, 1.54) is 19.3 Å². The van der Waals surface area contributed by atoms with E-state index >= 15 is 0 Å². The summed E-state index contributed by atoms with van der Waals surface area (Å²) >= 11 is 8.04. The third-order valence-corrected chi connectivity index (χ3v) is 3.74. The van der Waals surface area contributed by atoms with Crippen LogP contribution in [0.4, 0.5) is 0 Å². The van der Waals surface area contributed by atoms with Gasteiger partial charge in [-0.1, -0.05) is 18.0 Å². The minimum absolute atomic E-state index is 0.773. The van der Waals surface area contributed by atoms with Crippen LogP contribution in [0.1, 0.15) is 19.3 Å². The molecule has 0 aromatic carbocycles. The number of aromatic nitrogens is 2. The third-order valence-electron chi connectivity index (χ3n) is 2.35. The Balaban J connectivity index is 2.02. The lowest BCUT2D eigenvalue weighted by Crippen LogP contribution is -2.18. The molecule has 1 heterocycles.